The van der Waals surface area contributed by atoms with Gasteiger partial charge in [0.1, 0.15) is 0 Å². The Kier molecular flexibility index (Phi) is 10.5. The van der Waals surface area contributed by atoms with Crippen molar-refractivity contribution in [1.82, 2.24) is 0 Å². The molecule has 0 aromatic heterocycles. The van der Waals surface area contributed by atoms with Crippen LogP contribution < -0.4 is 0 Å². The van der Waals surface area contributed by atoms with Crippen LogP contribution in [0.1, 0.15) is 159 Å². The Bertz CT molecular complexity index is 801. The smallest absolute Gasteiger partial charge is 0.0228 e. The maximum atomic E-state index is 2.87. The normalized spacial score (nSPS) is 45.6. The van der Waals surface area contributed by atoms with Gasteiger partial charge in [-0.25, -0.2) is 0 Å². The van der Waals surface area contributed by atoms with E-state index in [1.54, 1.807) is 0 Å². The Hall–Kier alpha value is -0.260. The molecule has 39 heavy (non-hydrogen) atoms. The lowest BCUT2D eigenvalue weighted by Crippen LogP contribution is -2.44. The minimum atomic E-state index is 0.518. The van der Waals surface area contributed by atoms with E-state index in [-0.39, 0.29) is 0 Å². The van der Waals surface area contributed by atoms with E-state index in [2.05, 4.69) is 75.3 Å². The Morgan fingerprint density at radius 1 is 0.872 bits per heavy atom. The third kappa shape index (κ3) is 6.26. The number of hydrogen-bond acceptors (Lipinski definition) is 0. The molecule has 0 aromatic rings. The van der Waals surface area contributed by atoms with Crippen LogP contribution in [0, 0.1) is 75.9 Å². The average molecular weight is 539 g/mol. The van der Waals surface area contributed by atoms with E-state index in [4.69, 9.17) is 0 Å². The fourth-order valence-electron chi connectivity index (χ4n) is 11.5. The van der Waals surface area contributed by atoms with Gasteiger partial charge in [-0.15, -0.1) is 0 Å². The minimum absolute atomic E-state index is 0.518. The second-order valence-corrected chi connectivity index (χ2v) is 16.5. The molecule has 0 aromatic carbocycles. The van der Waals surface area contributed by atoms with Crippen LogP contribution in [-0.2, 0) is 0 Å². The monoisotopic (exact) mass is 539 g/mol. The van der Waals surface area contributed by atoms with Gasteiger partial charge < -0.3 is 0 Å². The zero-order valence-corrected chi connectivity index (χ0v) is 28.3. The highest BCUT2D eigenvalue weighted by Crippen LogP contribution is 2.67. The Balaban J connectivity index is 1.47. The summed E-state index contributed by atoms with van der Waals surface area (Å²) in [4.78, 5) is 0. The first kappa shape index (κ1) is 31.7. The van der Waals surface area contributed by atoms with Crippen LogP contribution in [0.25, 0.3) is 0 Å². The first-order chi connectivity index (χ1) is 18.5. The molecule has 0 spiro atoms. The molecule has 0 saturated heterocycles. The Morgan fingerprint density at radius 3 is 2.10 bits per heavy atom. The molecule has 0 heteroatoms. The summed E-state index contributed by atoms with van der Waals surface area (Å²) in [6, 6.07) is 0. The van der Waals surface area contributed by atoms with Gasteiger partial charge in [-0.3, -0.25) is 0 Å². The maximum absolute atomic E-state index is 2.87. The van der Waals surface area contributed by atoms with E-state index in [9.17, 15) is 0 Å². The van der Waals surface area contributed by atoms with Gasteiger partial charge in [0, 0.05) is 0 Å². The van der Waals surface area contributed by atoms with Crippen LogP contribution in [0.2, 0.25) is 0 Å². The highest BCUT2D eigenvalue weighted by molar-refractivity contribution is 5.13. The highest BCUT2D eigenvalue weighted by atomic mass is 14.7. The van der Waals surface area contributed by atoms with E-state index in [1.165, 1.54) is 89.9 Å². The molecule has 4 aliphatic carbocycles. The third-order valence-electron chi connectivity index (χ3n) is 15.0. The molecule has 0 heterocycles. The molecule has 12 atom stereocenters. The first-order valence-electron chi connectivity index (χ1n) is 18.2. The van der Waals surface area contributed by atoms with Crippen molar-refractivity contribution in [2.45, 2.75) is 159 Å². The van der Waals surface area contributed by atoms with Crippen LogP contribution in [0.15, 0.2) is 11.6 Å². The average Bonchev–Trinajstić information content (AvgIpc) is 3.52. The van der Waals surface area contributed by atoms with Gasteiger partial charge in [0.05, 0.1) is 0 Å². The van der Waals surface area contributed by atoms with Crippen molar-refractivity contribution in [3.05, 3.63) is 11.6 Å². The summed E-state index contributed by atoms with van der Waals surface area (Å²) in [7, 11) is 0. The summed E-state index contributed by atoms with van der Waals surface area (Å²) in [5, 5.41) is 0. The van der Waals surface area contributed by atoms with Gasteiger partial charge in [-0.2, -0.15) is 0 Å². The summed E-state index contributed by atoms with van der Waals surface area (Å²) >= 11 is 0. The fourth-order valence-corrected chi connectivity index (χ4v) is 11.5. The molecule has 226 valence electrons. The molecule has 4 rings (SSSR count). The molecule has 0 nitrogen and oxygen atoms in total. The van der Waals surface area contributed by atoms with Crippen molar-refractivity contribution in [3.8, 4) is 0 Å². The van der Waals surface area contributed by atoms with Gasteiger partial charge in [0.25, 0.3) is 0 Å². The third-order valence-corrected chi connectivity index (χ3v) is 15.0. The lowest BCUT2D eigenvalue weighted by molar-refractivity contribution is -0.0185. The number of hydrogen-bond donors (Lipinski definition) is 0. The largest absolute Gasteiger partial charge is 0.0822 e. The van der Waals surface area contributed by atoms with Crippen LogP contribution >= 0.6 is 0 Å². The van der Waals surface area contributed by atoms with Crippen LogP contribution in [0.4, 0.5) is 0 Å². The summed E-state index contributed by atoms with van der Waals surface area (Å²) < 4.78 is 0. The van der Waals surface area contributed by atoms with Gasteiger partial charge >= 0.3 is 0 Å². The Morgan fingerprint density at radius 2 is 1.54 bits per heavy atom. The van der Waals surface area contributed by atoms with Gasteiger partial charge in [0.2, 0.25) is 0 Å². The van der Waals surface area contributed by atoms with Crippen molar-refractivity contribution in [2.75, 3.05) is 0 Å². The fraction of sp³-hybridized carbons (Fsp3) is 0.949. The predicted octanol–water partition coefficient (Wildman–Crippen LogP) is 12.4. The molecule has 0 amide bonds. The van der Waals surface area contributed by atoms with Crippen LogP contribution in [0.3, 0.4) is 0 Å². The zero-order chi connectivity index (χ0) is 28.5. The lowest BCUT2D eigenvalue weighted by Gasteiger charge is -2.52. The summed E-state index contributed by atoms with van der Waals surface area (Å²) in [6.07, 6.45) is 23.0. The molecule has 0 aliphatic heterocycles. The molecular formula is C39H70. The maximum Gasteiger partial charge on any atom is -0.0228 e. The van der Waals surface area contributed by atoms with E-state index < -0.39 is 0 Å². The Labute approximate surface area is 246 Å². The van der Waals surface area contributed by atoms with Gasteiger partial charge in [-0.1, -0.05) is 126 Å². The summed E-state index contributed by atoms with van der Waals surface area (Å²) in [5.74, 6) is 10.2. The molecule has 4 fully saturated rings. The highest BCUT2D eigenvalue weighted by Gasteiger charge is 2.60. The predicted molar refractivity (Wildman–Crippen MR) is 173 cm³/mol. The van der Waals surface area contributed by atoms with E-state index in [1.807, 2.05) is 5.57 Å². The SMILES string of the molecule is CCC1CC(C=C2CCC(C(C3CCCCC3C)C(C)(CC)CC)C(C)C2)CCC(C2C(C)C2(C)CC)C1C. The van der Waals surface area contributed by atoms with Crippen molar-refractivity contribution in [2.24, 2.45) is 75.9 Å². The first-order valence-corrected chi connectivity index (χ1v) is 18.2. The quantitative estimate of drug-likeness (QED) is 0.202. The molecular weight excluding hydrogens is 468 g/mol. The van der Waals surface area contributed by atoms with Gasteiger partial charge in [0.15, 0.2) is 0 Å². The topological polar surface area (TPSA) is 0 Å². The van der Waals surface area contributed by atoms with E-state index >= 15 is 0 Å². The summed E-state index contributed by atoms with van der Waals surface area (Å²) in [5.41, 5.74) is 3.00. The van der Waals surface area contributed by atoms with E-state index in [0.717, 1.165) is 65.1 Å². The number of allylic oxidation sites excluding steroid dienone is 2. The molecule has 0 bridgehead atoms. The molecule has 0 radical (unpaired) electrons. The summed E-state index contributed by atoms with van der Waals surface area (Å²) in [6.45, 7) is 25.7. The molecule has 4 aliphatic rings. The molecule has 12 unspecified atom stereocenters. The van der Waals surface area contributed by atoms with Gasteiger partial charge in [-0.05, 0) is 121 Å². The molecule has 0 N–H and O–H groups in total. The van der Waals surface area contributed by atoms with E-state index in [0.29, 0.717) is 10.8 Å². The van der Waals surface area contributed by atoms with Crippen molar-refractivity contribution in [1.29, 1.82) is 0 Å². The minimum Gasteiger partial charge on any atom is -0.0822 e. The molecule has 4 saturated carbocycles. The van der Waals surface area contributed by atoms with Crippen molar-refractivity contribution in [3.63, 3.8) is 0 Å². The zero-order valence-electron chi connectivity index (χ0n) is 28.3. The number of rotatable bonds is 9. The van der Waals surface area contributed by atoms with Crippen LogP contribution in [-0.4, -0.2) is 0 Å². The van der Waals surface area contributed by atoms with Crippen molar-refractivity contribution >= 4 is 0 Å². The lowest BCUT2D eigenvalue weighted by atomic mass is 9.53. The second kappa shape index (κ2) is 12.9. The van der Waals surface area contributed by atoms with Crippen LogP contribution in [0.5, 0.6) is 0 Å². The standard InChI is InChI=1S/C39H70/c1-11-32-25-31(20-22-35(28(32)7)36-29(8)39(36,10)14-4)24-30-19-21-34(27(6)23-30)37(38(9,12-2)13-3)33-18-16-15-17-26(33)5/h24,26-29,31-37H,11-23,25H2,1-10H3. The van der Waals surface area contributed by atoms with Crippen molar-refractivity contribution < 1.29 is 0 Å². The second-order valence-electron chi connectivity index (χ2n) is 16.5.